The van der Waals surface area contributed by atoms with Gasteiger partial charge >= 0.3 is 6.18 Å². The van der Waals surface area contributed by atoms with E-state index in [1.54, 1.807) is 6.92 Å². The Balaban J connectivity index is 1.76. The van der Waals surface area contributed by atoms with E-state index in [2.05, 4.69) is 20.6 Å². The maximum atomic E-state index is 12.8. The zero-order chi connectivity index (χ0) is 25.5. The van der Waals surface area contributed by atoms with E-state index in [0.717, 1.165) is 15.9 Å². The zero-order valence-corrected chi connectivity index (χ0v) is 20.2. The van der Waals surface area contributed by atoms with Crippen LogP contribution in [0.1, 0.15) is 12.1 Å². The van der Waals surface area contributed by atoms with E-state index in [1.165, 1.54) is 11.3 Å². The molecular formula is C22H27F3N6O3S. The molecule has 9 nitrogen and oxygen atoms in total. The summed E-state index contributed by atoms with van der Waals surface area (Å²) in [6.07, 6.45) is -6.54. The molecule has 0 bridgehead atoms. The minimum absolute atomic E-state index is 0.184. The topological polar surface area (TPSA) is 127 Å². The summed E-state index contributed by atoms with van der Waals surface area (Å²) in [5.74, 6) is -0.582. The van der Waals surface area contributed by atoms with Gasteiger partial charge in [0.05, 0.1) is 33.6 Å². The molecule has 13 heteroatoms. The summed E-state index contributed by atoms with van der Waals surface area (Å²) in [6.45, 7) is 0.0301. The highest BCUT2D eigenvalue weighted by molar-refractivity contribution is 7.21. The number of hydrogen-bond donors (Lipinski definition) is 5. The van der Waals surface area contributed by atoms with Crippen molar-refractivity contribution in [3.63, 3.8) is 0 Å². The highest BCUT2D eigenvalue weighted by Gasteiger charge is 2.41. The predicted molar refractivity (Wildman–Crippen MR) is 129 cm³/mol. The Hall–Kier alpha value is -2.74. The molecule has 3 aromatic rings. The van der Waals surface area contributed by atoms with Crippen molar-refractivity contribution >= 4 is 39.0 Å². The molecule has 1 fully saturated rings. The first-order valence-corrected chi connectivity index (χ1v) is 11.8. The van der Waals surface area contributed by atoms with Gasteiger partial charge in [-0.2, -0.15) is 18.2 Å². The number of thiazole rings is 1. The van der Waals surface area contributed by atoms with Gasteiger partial charge in [-0.3, -0.25) is 0 Å². The minimum atomic E-state index is -4.46. The van der Waals surface area contributed by atoms with Crippen molar-refractivity contribution in [2.24, 2.45) is 5.92 Å². The maximum Gasteiger partial charge on any atom is 0.405 e. The molecule has 190 valence electrons. The Morgan fingerprint density at radius 2 is 1.89 bits per heavy atom. The molecule has 0 amide bonds. The average molecular weight is 513 g/mol. The summed E-state index contributed by atoms with van der Waals surface area (Å²) >= 11 is 1.38. The molecule has 0 radical (unpaired) electrons. The van der Waals surface area contributed by atoms with Gasteiger partial charge in [0.25, 0.3) is 0 Å². The molecule has 1 saturated carbocycles. The maximum absolute atomic E-state index is 12.8. The Morgan fingerprint density at radius 3 is 2.51 bits per heavy atom. The van der Waals surface area contributed by atoms with E-state index in [0.29, 0.717) is 16.3 Å². The second kappa shape index (κ2) is 9.72. The van der Waals surface area contributed by atoms with E-state index in [1.807, 2.05) is 37.2 Å². The van der Waals surface area contributed by atoms with Gasteiger partial charge in [-0.05, 0) is 31.5 Å². The lowest BCUT2D eigenvalue weighted by Gasteiger charge is -2.21. The molecule has 35 heavy (non-hydrogen) atoms. The second-order valence-corrected chi connectivity index (χ2v) is 9.83. The highest BCUT2D eigenvalue weighted by Crippen LogP contribution is 2.39. The summed E-state index contributed by atoms with van der Waals surface area (Å²) in [5, 5.41) is 36.0. The number of aliphatic hydroxyl groups excluding tert-OH is 3. The molecule has 1 aliphatic carbocycles. The van der Waals surface area contributed by atoms with Crippen LogP contribution in [0, 0.1) is 12.8 Å². The molecule has 0 spiro atoms. The van der Waals surface area contributed by atoms with Crippen LogP contribution in [0.15, 0.2) is 18.2 Å². The van der Waals surface area contributed by atoms with Crippen molar-refractivity contribution in [1.82, 2.24) is 15.0 Å². The lowest BCUT2D eigenvalue weighted by molar-refractivity contribution is -0.115. The van der Waals surface area contributed by atoms with Gasteiger partial charge in [-0.1, -0.05) is 0 Å². The normalized spacial score (nSPS) is 22.5. The van der Waals surface area contributed by atoms with Crippen LogP contribution in [0.5, 0.6) is 0 Å². The summed E-state index contributed by atoms with van der Waals surface area (Å²) in [7, 11) is 3.84. The van der Waals surface area contributed by atoms with Crippen molar-refractivity contribution in [2.75, 3.05) is 42.8 Å². The van der Waals surface area contributed by atoms with Gasteiger partial charge in [-0.15, -0.1) is 11.3 Å². The Bertz CT molecular complexity index is 1210. The van der Waals surface area contributed by atoms with Crippen LogP contribution in [0.25, 0.3) is 20.8 Å². The number of anilines is 3. The van der Waals surface area contributed by atoms with Crippen molar-refractivity contribution in [2.45, 2.75) is 37.8 Å². The number of alkyl halides is 3. The average Bonchev–Trinajstić information content (AvgIpc) is 3.32. The van der Waals surface area contributed by atoms with Crippen LogP contribution in [-0.4, -0.2) is 81.9 Å². The number of hydrogen-bond acceptors (Lipinski definition) is 10. The number of nitrogens with zero attached hydrogens (tertiary/aromatic N) is 4. The fourth-order valence-electron chi connectivity index (χ4n) is 4.12. The lowest BCUT2D eigenvalue weighted by atomic mass is 10.1. The highest BCUT2D eigenvalue weighted by atomic mass is 32.1. The molecule has 0 unspecified atom stereocenters. The zero-order valence-electron chi connectivity index (χ0n) is 19.3. The smallest absolute Gasteiger partial charge is 0.396 e. The lowest BCUT2D eigenvalue weighted by Crippen LogP contribution is -2.36. The van der Waals surface area contributed by atoms with Gasteiger partial charge in [0.1, 0.15) is 23.5 Å². The Morgan fingerprint density at radius 1 is 1.14 bits per heavy atom. The minimum Gasteiger partial charge on any atom is -0.396 e. The number of halogens is 3. The van der Waals surface area contributed by atoms with Gasteiger partial charge in [0, 0.05) is 32.3 Å². The van der Waals surface area contributed by atoms with Gasteiger partial charge in [0.15, 0.2) is 0 Å². The molecule has 5 N–H and O–H groups in total. The van der Waals surface area contributed by atoms with Crippen molar-refractivity contribution in [1.29, 1.82) is 0 Å². The van der Waals surface area contributed by atoms with Crippen LogP contribution in [0.4, 0.5) is 30.6 Å². The van der Waals surface area contributed by atoms with E-state index < -0.39 is 36.9 Å². The largest absolute Gasteiger partial charge is 0.405 e. The number of aromatic nitrogens is 3. The van der Waals surface area contributed by atoms with Crippen molar-refractivity contribution < 1.29 is 28.5 Å². The van der Waals surface area contributed by atoms with Crippen LogP contribution in [0.2, 0.25) is 0 Å². The first-order valence-electron chi connectivity index (χ1n) is 11.0. The Kier molecular flexibility index (Phi) is 7.04. The molecule has 0 aliphatic heterocycles. The van der Waals surface area contributed by atoms with Crippen molar-refractivity contribution in [3.05, 3.63) is 23.9 Å². The number of rotatable bonds is 7. The predicted octanol–water partition coefficient (Wildman–Crippen LogP) is 2.62. The summed E-state index contributed by atoms with van der Waals surface area (Å²) in [5.41, 5.74) is 2.60. The van der Waals surface area contributed by atoms with Crippen LogP contribution in [0.3, 0.4) is 0 Å². The molecule has 4 rings (SSSR count). The third-order valence-corrected chi connectivity index (χ3v) is 7.05. The monoisotopic (exact) mass is 512 g/mol. The van der Waals surface area contributed by atoms with Crippen LogP contribution >= 0.6 is 11.3 Å². The van der Waals surface area contributed by atoms with E-state index in [9.17, 15) is 28.5 Å². The summed E-state index contributed by atoms with van der Waals surface area (Å²) in [4.78, 5) is 15.2. The standard InChI is InChI=1S/C22H27F3N6O3S/c1-10-16(20-29-13-7-12(31(2)3)4-5-15(13)35-20)19(30-21(27-10)26-9-22(23,24)25)28-14-6-11(8-32)17(33)18(14)34/h4-5,7,11,14,17-18,32-34H,6,8-9H2,1-3H3,(H2,26,27,28,30)/t11-,14-,17-,18+/m1/s1. The number of benzene rings is 1. The second-order valence-electron chi connectivity index (χ2n) is 8.80. The van der Waals surface area contributed by atoms with Crippen LogP contribution < -0.4 is 15.5 Å². The molecule has 2 heterocycles. The molecule has 2 aromatic heterocycles. The molecule has 1 aromatic carbocycles. The Labute approximate surface area is 203 Å². The molecule has 4 atom stereocenters. The van der Waals surface area contributed by atoms with Crippen molar-refractivity contribution in [3.8, 4) is 10.6 Å². The number of aryl methyl sites for hydroxylation is 1. The third-order valence-electron chi connectivity index (χ3n) is 6.00. The van der Waals surface area contributed by atoms with E-state index >= 15 is 0 Å². The number of fused-ring (bicyclic) bond motifs is 1. The summed E-state index contributed by atoms with van der Waals surface area (Å²) < 4.78 is 39.2. The SMILES string of the molecule is Cc1nc(NCC(F)(F)F)nc(N[C@@H]2C[C@H](CO)[C@@H](O)[C@H]2O)c1-c1nc2cc(N(C)C)ccc2s1. The third kappa shape index (κ3) is 5.42. The number of aliphatic hydroxyl groups is 3. The first kappa shape index (κ1) is 25.4. The number of nitrogens with one attached hydrogen (secondary N) is 2. The first-order chi connectivity index (χ1) is 16.5. The van der Waals surface area contributed by atoms with Gasteiger partial charge in [0.2, 0.25) is 5.95 Å². The van der Waals surface area contributed by atoms with Crippen LogP contribution in [-0.2, 0) is 0 Å². The molecular weight excluding hydrogens is 485 g/mol. The fraction of sp³-hybridized carbons (Fsp3) is 0.500. The molecule has 0 saturated heterocycles. The van der Waals surface area contributed by atoms with Gasteiger partial charge < -0.3 is 30.9 Å². The van der Waals surface area contributed by atoms with E-state index in [-0.39, 0.29) is 24.8 Å². The van der Waals surface area contributed by atoms with Gasteiger partial charge in [-0.25, -0.2) is 9.97 Å². The molecule has 1 aliphatic rings. The van der Waals surface area contributed by atoms with E-state index in [4.69, 9.17) is 4.98 Å². The quantitative estimate of drug-likeness (QED) is 0.325. The summed E-state index contributed by atoms with van der Waals surface area (Å²) in [6, 6.07) is 5.15. The fourth-order valence-corrected chi connectivity index (χ4v) is 5.16.